The van der Waals surface area contributed by atoms with E-state index in [4.69, 9.17) is 0 Å². The third kappa shape index (κ3) is 4.40. The molecule has 0 aromatic carbocycles. The molecule has 90 valence electrons. The molecule has 1 heterocycles. The van der Waals surface area contributed by atoms with Crippen molar-refractivity contribution >= 4 is 23.6 Å². The highest BCUT2D eigenvalue weighted by atomic mass is 16.2. The molecule has 1 aliphatic rings. The second kappa shape index (κ2) is 6.38. The second-order valence-corrected chi connectivity index (χ2v) is 2.87. The van der Waals surface area contributed by atoms with Gasteiger partial charge in [0.25, 0.3) is 0 Å². The van der Waals surface area contributed by atoms with E-state index in [2.05, 4.69) is 16.8 Å². The lowest BCUT2D eigenvalue weighted by Crippen LogP contribution is -2.51. The number of hydrogen-bond acceptors (Lipinski definition) is 4. The Bertz CT molecular complexity index is 303. The predicted molar refractivity (Wildman–Crippen MR) is 53.7 cm³/mol. The topological polar surface area (TPSA) is 136 Å². The van der Waals surface area contributed by atoms with Gasteiger partial charge in [0.2, 0.25) is 0 Å². The molecule has 1 fully saturated rings. The van der Waals surface area contributed by atoms with Gasteiger partial charge in [-0.1, -0.05) is 0 Å². The summed E-state index contributed by atoms with van der Waals surface area (Å²) in [5.74, 6) is -3.09. The Balaban J connectivity index is 0.000000325. The molecule has 0 spiro atoms. The highest BCUT2D eigenvalue weighted by molar-refractivity contribution is 6.35. The van der Waals surface area contributed by atoms with E-state index in [1.165, 1.54) is 4.90 Å². The Morgan fingerprint density at radius 2 is 1.81 bits per heavy atom. The van der Waals surface area contributed by atoms with Crippen LogP contribution < -0.4 is 16.8 Å². The van der Waals surface area contributed by atoms with Gasteiger partial charge < -0.3 is 21.7 Å². The van der Waals surface area contributed by atoms with Crippen LogP contribution in [0.1, 0.15) is 6.92 Å². The van der Waals surface area contributed by atoms with Gasteiger partial charge in [-0.25, -0.2) is 0 Å². The Morgan fingerprint density at radius 1 is 1.31 bits per heavy atom. The molecule has 0 saturated carbocycles. The molecular formula is C8H14N4O4. The predicted octanol–water partition coefficient (Wildman–Crippen LogP) is -3.08. The van der Waals surface area contributed by atoms with Crippen LogP contribution in [-0.4, -0.2) is 48.2 Å². The molecule has 0 bridgehead atoms. The van der Waals surface area contributed by atoms with Crippen molar-refractivity contribution in [2.75, 3.05) is 19.6 Å². The second-order valence-electron chi connectivity index (χ2n) is 2.87. The van der Waals surface area contributed by atoms with Crippen molar-refractivity contribution in [3.05, 3.63) is 0 Å². The smallest absolute Gasteiger partial charge is 0.311 e. The third-order valence-corrected chi connectivity index (χ3v) is 1.77. The van der Waals surface area contributed by atoms with E-state index in [9.17, 15) is 19.2 Å². The Hall–Kier alpha value is -2.12. The summed E-state index contributed by atoms with van der Waals surface area (Å²) in [6.45, 7) is 3.70. The highest BCUT2D eigenvalue weighted by Crippen LogP contribution is 1.93. The summed E-state index contributed by atoms with van der Waals surface area (Å²) in [5, 5.41) is 2.47. The number of amides is 4. The molecule has 0 aliphatic carbocycles. The number of hydrogen-bond donors (Lipinski definition) is 3. The van der Waals surface area contributed by atoms with E-state index in [1.807, 2.05) is 6.92 Å². The van der Waals surface area contributed by atoms with Gasteiger partial charge in [-0.15, -0.1) is 0 Å². The first-order valence-electron chi connectivity index (χ1n) is 4.56. The number of carbonyl (C=O) groups is 4. The number of likely N-dealkylation sites (N-methyl/N-ethyl adjacent to an activating group) is 1. The first-order chi connectivity index (χ1) is 7.40. The molecule has 0 aromatic heterocycles. The summed E-state index contributed by atoms with van der Waals surface area (Å²) in [4.78, 5) is 42.0. The minimum absolute atomic E-state index is 0.409. The quantitative estimate of drug-likeness (QED) is 0.411. The molecule has 8 nitrogen and oxygen atoms in total. The van der Waals surface area contributed by atoms with Gasteiger partial charge in [0.15, 0.2) is 0 Å². The lowest BCUT2D eigenvalue weighted by molar-refractivity contribution is -0.147. The Kier molecular flexibility index (Phi) is 5.53. The average molecular weight is 230 g/mol. The molecule has 0 radical (unpaired) electrons. The van der Waals surface area contributed by atoms with Crippen molar-refractivity contribution in [1.29, 1.82) is 0 Å². The van der Waals surface area contributed by atoms with Crippen LogP contribution in [0.25, 0.3) is 0 Å². The van der Waals surface area contributed by atoms with Crippen molar-refractivity contribution in [1.82, 2.24) is 10.2 Å². The van der Waals surface area contributed by atoms with Gasteiger partial charge in [0.1, 0.15) is 0 Å². The molecule has 0 unspecified atom stereocenters. The molecule has 0 aromatic rings. The van der Waals surface area contributed by atoms with Crippen molar-refractivity contribution in [2.24, 2.45) is 11.5 Å². The molecule has 1 saturated heterocycles. The zero-order chi connectivity index (χ0) is 12.7. The number of nitrogens with one attached hydrogen (secondary N) is 1. The first-order valence-corrected chi connectivity index (χ1v) is 4.56. The van der Waals surface area contributed by atoms with E-state index in [0.717, 1.165) is 0 Å². The van der Waals surface area contributed by atoms with E-state index in [0.29, 0.717) is 19.6 Å². The average Bonchev–Trinajstić information content (AvgIpc) is 2.23. The fourth-order valence-corrected chi connectivity index (χ4v) is 0.927. The van der Waals surface area contributed by atoms with Crippen molar-refractivity contribution in [3.8, 4) is 0 Å². The number of nitrogens with two attached hydrogens (primary N) is 2. The molecule has 16 heavy (non-hydrogen) atoms. The van der Waals surface area contributed by atoms with Gasteiger partial charge in [0, 0.05) is 19.6 Å². The van der Waals surface area contributed by atoms with Crippen LogP contribution in [0.15, 0.2) is 0 Å². The van der Waals surface area contributed by atoms with Crippen LogP contribution in [-0.2, 0) is 19.2 Å². The van der Waals surface area contributed by atoms with Crippen molar-refractivity contribution in [3.63, 3.8) is 0 Å². The Labute approximate surface area is 91.9 Å². The largest absolute Gasteiger partial charge is 0.361 e. The standard InChI is InChI=1S/C6H10N2O2.C2H4N2O2/c1-2-8-4-3-7-5(9)6(8)10;3-1(5)2(4)6/h2-4H2,1H3,(H,7,9);(H2,3,5)(H2,4,6). The molecule has 5 N–H and O–H groups in total. The highest BCUT2D eigenvalue weighted by Gasteiger charge is 2.23. The van der Waals surface area contributed by atoms with Crippen LogP contribution >= 0.6 is 0 Å². The molecule has 0 atom stereocenters. The summed E-state index contributed by atoms with van der Waals surface area (Å²) in [6, 6.07) is 0. The van der Waals surface area contributed by atoms with Crippen LogP contribution in [0.4, 0.5) is 0 Å². The number of carbonyl (C=O) groups excluding carboxylic acids is 4. The van der Waals surface area contributed by atoms with Gasteiger partial charge in [0.05, 0.1) is 0 Å². The van der Waals surface area contributed by atoms with E-state index < -0.39 is 23.6 Å². The molecule has 4 amide bonds. The van der Waals surface area contributed by atoms with Crippen LogP contribution in [0, 0.1) is 0 Å². The van der Waals surface area contributed by atoms with E-state index in [-0.39, 0.29) is 0 Å². The number of rotatable bonds is 1. The summed E-state index contributed by atoms with van der Waals surface area (Å²) in [5.41, 5.74) is 8.64. The lowest BCUT2D eigenvalue weighted by atomic mass is 10.3. The maximum atomic E-state index is 10.9. The van der Waals surface area contributed by atoms with Gasteiger partial charge in [-0.3, -0.25) is 19.2 Å². The fraction of sp³-hybridized carbons (Fsp3) is 0.500. The Morgan fingerprint density at radius 3 is 2.12 bits per heavy atom. The van der Waals surface area contributed by atoms with Crippen molar-refractivity contribution in [2.45, 2.75) is 6.92 Å². The summed E-state index contributed by atoms with van der Waals surface area (Å²) >= 11 is 0. The van der Waals surface area contributed by atoms with Gasteiger partial charge in [-0.2, -0.15) is 0 Å². The van der Waals surface area contributed by atoms with E-state index >= 15 is 0 Å². The monoisotopic (exact) mass is 230 g/mol. The van der Waals surface area contributed by atoms with Crippen LogP contribution in [0.5, 0.6) is 0 Å². The summed E-state index contributed by atoms with van der Waals surface area (Å²) in [7, 11) is 0. The van der Waals surface area contributed by atoms with Crippen molar-refractivity contribution < 1.29 is 19.2 Å². The lowest BCUT2D eigenvalue weighted by Gasteiger charge is -2.24. The first kappa shape index (κ1) is 13.9. The molecule has 1 rings (SSSR count). The zero-order valence-corrected chi connectivity index (χ0v) is 8.86. The SMILES string of the molecule is CCN1CCNC(=O)C1=O.NC(=O)C(N)=O. The minimum Gasteiger partial charge on any atom is -0.361 e. The summed E-state index contributed by atoms with van der Waals surface area (Å²) < 4.78 is 0. The number of primary amides is 2. The summed E-state index contributed by atoms with van der Waals surface area (Å²) in [6.07, 6.45) is 0. The van der Waals surface area contributed by atoms with Crippen LogP contribution in [0.3, 0.4) is 0 Å². The van der Waals surface area contributed by atoms with E-state index in [1.54, 1.807) is 0 Å². The van der Waals surface area contributed by atoms with Gasteiger partial charge >= 0.3 is 23.6 Å². The maximum Gasteiger partial charge on any atom is 0.311 e. The number of piperazine rings is 1. The third-order valence-electron chi connectivity index (χ3n) is 1.77. The normalized spacial score (nSPS) is 14.7. The molecular weight excluding hydrogens is 216 g/mol. The zero-order valence-electron chi connectivity index (χ0n) is 8.86. The minimum atomic E-state index is -1.10. The fourth-order valence-electron chi connectivity index (χ4n) is 0.927. The molecule has 1 aliphatic heterocycles. The number of nitrogens with zero attached hydrogens (tertiary/aromatic N) is 1. The maximum absolute atomic E-state index is 10.9. The molecule has 8 heteroatoms. The van der Waals surface area contributed by atoms with Crippen LogP contribution in [0.2, 0.25) is 0 Å². The van der Waals surface area contributed by atoms with Gasteiger partial charge in [-0.05, 0) is 6.92 Å².